The van der Waals surface area contributed by atoms with Crippen molar-refractivity contribution in [1.29, 1.82) is 0 Å². The van der Waals surface area contributed by atoms with Crippen LogP contribution in [0.3, 0.4) is 0 Å². The van der Waals surface area contributed by atoms with E-state index in [9.17, 15) is 4.79 Å². The summed E-state index contributed by atoms with van der Waals surface area (Å²) in [4.78, 5) is 11.6. The second kappa shape index (κ2) is 6.02. The molecule has 0 aromatic heterocycles. The van der Waals surface area contributed by atoms with Gasteiger partial charge in [0.15, 0.2) is 0 Å². The Morgan fingerprint density at radius 2 is 2.18 bits per heavy atom. The molecular weight excluding hydrogens is 284 g/mol. The van der Waals surface area contributed by atoms with E-state index in [1.54, 1.807) is 0 Å². The number of rotatable bonds is 2. The summed E-state index contributed by atoms with van der Waals surface area (Å²) in [7, 11) is 0. The molecule has 1 fully saturated rings. The lowest BCUT2D eigenvalue weighted by Crippen LogP contribution is -2.37. The molecule has 0 radical (unpaired) electrons. The average molecular weight is 299 g/mol. The summed E-state index contributed by atoms with van der Waals surface area (Å²) >= 11 is 3.34. The fourth-order valence-corrected chi connectivity index (χ4v) is 2.02. The number of hydrogen-bond acceptors (Lipinski definition) is 3. The van der Waals surface area contributed by atoms with E-state index in [1.165, 1.54) is 0 Å². The molecule has 1 aliphatic heterocycles. The molecule has 1 heterocycles. The third-order valence-electron chi connectivity index (χ3n) is 2.62. The molecule has 1 atom stereocenters. The Morgan fingerprint density at radius 1 is 1.41 bits per heavy atom. The summed E-state index contributed by atoms with van der Waals surface area (Å²) in [5.74, 6) is 0. The van der Waals surface area contributed by atoms with Gasteiger partial charge < -0.3 is 10.1 Å². The molecule has 92 valence electrons. The minimum atomic E-state index is -0.388. The molecule has 0 spiro atoms. The highest BCUT2D eigenvalue weighted by Crippen LogP contribution is 2.15. The fraction of sp³-hybridized carbons (Fsp3) is 0.417. The van der Waals surface area contributed by atoms with Crippen LogP contribution in [0.2, 0.25) is 0 Å². The van der Waals surface area contributed by atoms with Gasteiger partial charge in [-0.25, -0.2) is 4.79 Å². The normalized spacial score (nSPS) is 19.7. The van der Waals surface area contributed by atoms with Gasteiger partial charge in [-0.15, -0.1) is 0 Å². The number of piperidine rings is 1. The molecule has 1 saturated heterocycles. The molecule has 1 aromatic rings. The summed E-state index contributed by atoms with van der Waals surface area (Å²) in [5.41, 5.74) is 0.738. The van der Waals surface area contributed by atoms with Crippen LogP contribution in [0, 0.1) is 0 Å². The van der Waals surface area contributed by atoms with Crippen molar-refractivity contribution in [2.45, 2.75) is 18.9 Å². The van der Waals surface area contributed by atoms with Crippen molar-refractivity contribution in [3.8, 4) is 0 Å². The van der Waals surface area contributed by atoms with Crippen LogP contribution in [0.1, 0.15) is 12.8 Å². The van der Waals surface area contributed by atoms with Crippen molar-refractivity contribution >= 4 is 27.7 Å². The van der Waals surface area contributed by atoms with Crippen molar-refractivity contribution in [2.75, 3.05) is 18.4 Å². The topological polar surface area (TPSA) is 50.4 Å². The quantitative estimate of drug-likeness (QED) is 0.883. The number of benzene rings is 1. The minimum Gasteiger partial charge on any atom is -0.445 e. The molecule has 0 unspecified atom stereocenters. The fourth-order valence-electron chi connectivity index (χ4n) is 1.75. The molecule has 17 heavy (non-hydrogen) atoms. The number of nitrogens with one attached hydrogen (secondary N) is 2. The predicted molar refractivity (Wildman–Crippen MR) is 70.1 cm³/mol. The number of carbonyl (C=O) groups is 1. The molecule has 0 saturated carbocycles. The predicted octanol–water partition coefficient (Wildman–Crippen LogP) is 2.75. The molecule has 4 nitrogen and oxygen atoms in total. The minimum absolute atomic E-state index is 0.0146. The standard InChI is InChI=1S/C12H15BrN2O2/c13-9-3-5-10(6-4-9)15-12(16)17-11-2-1-7-14-8-11/h3-6,11,14H,1-2,7-8H2,(H,15,16)/t11-/m0/s1. The Bertz CT molecular complexity index is 375. The van der Waals surface area contributed by atoms with Crippen molar-refractivity contribution in [2.24, 2.45) is 0 Å². The Hall–Kier alpha value is -1.07. The Balaban J connectivity index is 1.82. The van der Waals surface area contributed by atoms with Crippen LogP contribution in [0.15, 0.2) is 28.7 Å². The van der Waals surface area contributed by atoms with Crippen molar-refractivity contribution in [3.63, 3.8) is 0 Å². The van der Waals surface area contributed by atoms with Crippen LogP contribution >= 0.6 is 15.9 Å². The van der Waals surface area contributed by atoms with Crippen LogP contribution in [-0.2, 0) is 4.74 Å². The highest BCUT2D eigenvalue weighted by atomic mass is 79.9. The number of halogens is 1. The lowest BCUT2D eigenvalue weighted by molar-refractivity contribution is 0.0941. The van der Waals surface area contributed by atoms with Gasteiger partial charge in [-0.05, 0) is 43.7 Å². The SMILES string of the molecule is O=C(Nc1ccc(Br)cc1)O[C@H]1CCCNC1. The van der Waals surface area contributed by atoms with E-state index in [2.05, 4.69) is 26.6 Å². The van der Waals surface area contributed by atoms with Gasteiger partial charge >= 0.3 is 6.09 Å². The lowest BCUT2D eigenvalue weighted by atomic mass is 10.1. The highest BCUT2D eigenvalue weighted by molar-refractivity contribution is 9.10. The van der Waals surface area contributed by atoms with Crippen LogP contribution in [0.5, 0.6) is 0 Å². The first-order valence-electron chi connectivity index (χ1n) is 5.68. The van der Waals surface area contributed by atoms with E-state index < -0.39 is 0 Å². The zero-order valence-electron chi connectivity index (χ0n) is 9.41. The number of amides is 1. The molecular formula is C12H15BrN2O2. The van der Waals surface area contributed by atoms with Gasteiger partial charge in [0.25, 0.3) is 0 Å². The zero-order chi connectivity index (χ0) is 12.1. The number of carbonyl (C=O) groups excluding carboxylic acids is 1. The van der Waals surface area contributed by atoms with Gasteiger partial charge in [-0.1, -0.05) is 15.9 Å². The van der Waals surface area contributed by atoms with Crippen molar-refractivity contribution in [3.05, 3.63) is 28.7 Å². The number of hydrogen-bond donors (Lipinski definition) is 2. The Morgan fingerprint density at radius 3 is 2.82 bits per heavy atom. The van der Waals surface area contributed by atoms with Gasteiger partial charge in [0.05, 0.1) is 0 Å². The average Bonchev–Trinajstić information content (AvgIpc) is 2.33. The maximum absolute atomic E-state index is 11.6. The molecule has 0 aliphatic carbocycles. The Labute approximate surface area is 109 Å². The maximum atomic E-state index is 11.6. The second-order valence-electron chi connectivity index (χ2n) is 4.01. The highest BCUT2D eigenvalue weighted by Gasteiger charge is 2.17. The van der Waals surface area contributed by atoms with Crippen LogP contribution < -0.4 is 10.6 Å². The molecule has 1 amide bonds. The van der Waals surface area contributed by atoms with Gasteiger partial charge in [0, 0.05) is 16.7 Å². The number of anilines is 1. The van der Waals surface area contributed by atoms with Gasteiger partial charge in [0.1, 0.15) is 6.10 Å². The first kappa shape index (κ1) is 12.4. The molecule has 2 rings (SSSR count). The maximum Gasteiger partial charge on any atom is 0.411 e. The summed E-state index contributed by atoms with van der Waals surface area (Å²) < 4.78 is 6.28. The van der Waals surface area contributed by atoms with Gasteiger partial charge in [0.2, 0.25) is 0 Å². The third-order valence-corrected chi connectivity index (χ3v) is 3.14. The summed E-state index contributed by atoms with van der Waals surface area (Å²) in [6.07, 6.45) is 1.58. The largest absolute Gasteiger partial charge is 0.445 e. The van der Waals surface area contributed by atoms with Crippen LogP contribution in [0.4, 0.5) is 10.5 Å². The van der Waals surface area contributed by atoms with E-state index in [-0.39, 0.29) is 12.2 Å². The first-order valence-corrected chi connectivity index (χ1v) is 6.47. The molecule has 1 aliphatic rings. The molecule has 0 bridgehead atoms. The van der Waals surface area contributed by atoms with Gasteiger partial charge in [-0.3, -0.25) is 5.32 Å². The Kier molecular flexibility index (Phi) is 4.39. The smallest absolute Gasteiger partial charge is 0.411 e. The molecule has 5 heteroatoms. The lowest BCUT2D eigenvalue weighted by Gasteiger charge is -2.22. The van der Waals surface area contributed by atoms with E-state index >= 15 is 0 Å². The molecule has 1 aromatic carbocycles. The number of ether oxygens (including phenoxy) is 1. The van der Waals surface area contributed by atoms with Crippen LogP contribution in [0.25, 0.3) is 0 Å². The van der Waals surface area contributed by atoms with Gasteiger partial charge in [-0.2, -0.15) is 0 Å². The van der Waals surface area contributed by atoms with E-state index in [0.29, 0.717) is 0 Å². The van der Waals surface area contributed by atoms with E-state index in [1.807, 2.05) is 24.3 Å². The van der Waals surface area contributed by atoms with E-state index in [4.69, 9.17) is 4.74 Å². The zero-order valence-corrected chi connectivity index (χ0v) is 11.0. The van der Waals surface area contributed by atoms with E-state index in [0.717, 1.165) is 36.1 Å². The second-order valence-corrected chi connectivity index (χ2v) is 4.92. The summed E-state index contributed by atoms with van der Waals surface area (Å²) in [5, 5.41) is 5.91. The monoisotopic (exact) mass is 298 g/mol. The van der Waals surface area contributed by atoms with Crippen molar-refractivity contribution < 1.29 is 9.53 Å². The summed E-state index contributed by atoms with van der Waals surface area (Å²) in [6, 6.07) is 7.39. The summed E-state index contributed by atoms with van der Waals surface area (Å²) in [6.45, 7) is 1.75. The molecule has 2 N–H and O–H groups in total. The van der Waals surface area contributed by atoms with Crippen molar-refractivity contribution in [1.82, 2.24) is 5.32 Å². The van der Waals surface area contributed by atoms with Crippen LogP contribution in [-0.4, -0.2) is 25.3 Å². The first-order chi connectivity index (χ1) is 8.24. The third kappa shape index (κ3) is 4.02.